The highest BCUT2D eigenvalue weighted by atomic mass is 16.5. The molecule has 0 bridgehead atoms. The Hall–Kier alpha value is -2.63. The lowest BCUT2D eigenvalue weighted by atomic mass is 9.84. The number of carbonyl (C=O) groups is 3. The Bertz CT molecular complexity index is 659. The first-order valence-corrected chi connectivity index (χ1v) is 8.48. The van der Waals surface area contributed by atoms with Crippen molar-refractivity contribution in [2.24, 2.45) is 5.41 Å². The predicted octanol–water partition coefficient (Wildman–Crippen LogP) is 3.54. The molecule has 0 aliphatic carbocycles. The van der Waals surface area contributed by atoms with Crippen molar-refractivity contribution in [3.63, 3.8) is 0 Å². The molecule has 0 spiro atoms. The largest absolute Gasteiger partial charge is 0.466 e. The summed E-state index contributed by atoms with van der Waals surface area (Å²) in [6.45, 7) is 7.03. The highest BCUT2D eigenvalue weighted by molar-refractivity contribution is 5.87. The van der Waals surface area contributed by atoms with Gasteiger partial charge in [0.25, 0.3) is 0 Å². The maximum absolute atomic E-state index is 12.5. The van der Waals surface area contributed by atoms with Gasteiger partial charge in [0.1, 0.15) is 5.75 Å². The molecule has 1 aromatic carbocycles. The van der Waals surface area contributed by atoms with Gasteiger partial charge in [-0.3, -0.25) is 9.59 Å². The number of benzene rings is 1. The molecule has 142 valence electrons. The Morgan fingerprint density at radius 2 is 1.77 bits per heavy atom. The summed E-state index contributed by atoms with van der Waals surface area (Å²) in [6.07, 6.45) is 3.06. The van der Waals surface area contributed by atoms with Crippen LogP contribution in [0, 0.1) is 5.41 Å². The van der Waals surface area contributed by atoms with E-state index in [1.807, 2.05) is 6.92 Å². The van der Waals surface area contributed by atoms with Gasteiger partial charge in [-0.15, -0.1) is 0 Å². The Morgan fingerprint density at radius 1 is 1.15 bits per heavy atom. The molecule has 0 saturated carbocycles. The number of rotatable bonds is 8. The van der Waals surface area contributed by atoms with Gasteiger partial charge in [-0.05, 0) is 51.0 Å². The van der Waals surface area contributed by atoms with E-state index in [9.17, 15) is 14.4 Å². The first-order chi connectivity index (χ1) is 12.2. The fourth-order valence-corrected chi connectivity index (χ4v) is 2.07. The van der Waals surface area contributed by atoms with E-state index in [4.69, 9.17) is 9.47 Å². The van der Waals surface area contributed by atoms with Gasteiger partial charge >= 0.3 is 17.9 Å². The van der Waals surface area contributed by atoms with Crippen LogP contribution in [0.25, 0.3) is 6.08 Å². The molecule has 6 heteroatoms. The topological polar surface area (TPSA) is 78.9 Å². The van der Waals surface area contributed by atoms with Crippen molar-refractivity contribution in [1.82, 2.24) is 0 Å². The molecule has 0 aliphatic rings. The fourth-order valence-electron chi connectivity index (χ4n) is 2.07. The van der Waals surface area contributed by atoms with Crippen LogP contribution >= 0.6 is 0 Å². The van der Waals surface area contributed by atoms with Crippen LogP contribution in [0.4, 0.5) is 0 Å². The van der Waals surface area contributed by atoms with Crippen molar-refractivity contribution < 1.29 is 28.6 Å². The second kappa shape index (κ2) is 9.75. The lowest BCUT2D eigenvalue weighted by Crippen LogP contribution is -2.34. The summed E-state index contributed by atoms with van der Waals surface area (Å²) in [5.74, 6) is -1.00. The zero-order valence-electron chi connectivity index (χ0n) is 15.9. The van der Waals surface area contributed by atoms with E-state index in [2.05, 4.69) is 4.74 Å². The normalized spacial score (nSPS) is 13.3. The van der Waals surface area contributed by atoms with Gasteiger partial charge in [0.05, 0.1) is 25.0 Å². The number of methoxy groups -OCH3 is 1. The quantitative estimate of drug-likeness (QED) is 0.400. The number of ether oxygens (including phenoxy) is 3. The molecular formula is C20H26O6. The van der Waals surface area contributed by atoms with E-state index in [0.717, 1.165) is 5.56 Å². The number of hydrogen-bond donors (Lipinski definition) is 0. The molecule has 1 rings (SSSR count). The number of carbonyl (C=O) groups excluding carboxylic acids is 3. The molecule has 1 aromatic rings. The van der Waals surface area contributed by atoms with Crippen LogP contribution in [0.3, 0.4) is 0 Å². The SMILES string of the molecule is CCC(C)(CC(=O)OC(C)C)C(=O)Oc1ccc(/C=C/C(=O)OC)cc1. The first kappa shape index (κ1) is 21.4. The van der Waals surface area contributed by atoms with Gasteiger partial charge in [0.15, 0.2) is 0 Å². The van der Waals surface area contributed by atoms with Crippen molar-refractivity contribution in [1.29, 1.82) is 0 Å². The Labute approximate surface area is 154 Å². The van der Waals surface area contributed by atoms with Crippen LogP contribution in [0.1, 0.15) is 46.1 Å². The van der Waals surface area contributed by atoms with Gasteiger partial charge < -0.3 is 14.2 Å². The minimum absolute atomic E-state index is 0.0412. The maximum atomic E-state index is 12.5. The summed E-state index contributed by atoms with van der Waals surface area (Å²) >= 11 is 0. The smallest absolute Gasteiger partial charge is 0.330 e. The van der Waals surface area contributed by atoms with Crippen molar-refractivity contribution >= 4 is 24.0 Å². The minimum Gasteiger partial charge on any atom is -0.466 e. The lowest BCUT2D eigenvalue weighted by Gasteiger charge is -2.25. The molecule has 0 heterocycles. The number of esters is 3. The third-order valence-corrected chi connectivity index (χ3v) is 3.88. The summed E-state index contributed by atoms with van der Waals surface area (Å²) in [5, 5.41) is 0. The zero-order valence-corrected chi connectivity index (χ0v) is 15.9. The van der Waals surface area contributed by atoms with Gasteiger partial charge in [0, 0.05) is 6.08 Å². The summed E-state index contributed by atoms with van der Waals surface area (Å²) in [6, 6.07) is 6.66. The number of hydrogen-bond acceptors (Lipinski definition) is 6. The van der Waals surface area contributed by atoms with Crippen LogP contribution in [0.15, 0.2) is 30.3 Å². The molecule has 0 fully saturated rings. The second-order valence-electron chi connectivity index (χ2n) is 6.44. The molecule has 0 N–H and O–H groups in total. The third-order valence-electron chi connectivity index (χ3n) is 3.88. The molecule has 0 amide bonds. The van der Waals surface area contributed by atoms with E-state index in [1.165, 1.54) is 13.2 Å². The van der Waals surface area contributed by atoms with Gasteiger partial charge in [-0.25, -0.2) is 4.79 Å². The average Bonchev–Trinajstić information content (AvgIpc) is 2.59. The molecule has 1 atom stereocenters. The molecule has 0 saturated heterocycles. The molecule has 0 aliphatic heterocycles. The van der Waals surface area contributed by atoms with E-state index >= 15 is 0 Å². The Morgan fingerprint density at radius 3 is 2.27 bits per heavy atom. The van der Waals surface area contributed by atoms with Crippen LogP contribution in [0.5, 0.6) is 5.75 Å². The molecule has 26 heavy (non-hydrogen) atoms. The molecular weight excluding hydrogens is 336 g/mol. The van der Waals surface area contributed by atoms with Crippen LogP contribution in [-0.4, -0.2) is 31.1 Å². The van der Waals surface area contributed by atoms with Gasteiger partial charge in [-0.1, -0.05) is 19.1 Å². The molecule has 6 nitrogen and oxygen atoms in total. The Balaban J connectivity index is 2.76. The fraction of sp³-hybridized carbons (Fsp3) is 0.450. The molecule has 0 aromatic heterocycles. The summed E-state index contributed by atoms with van der Waals surface area (Å²) < 4.78 is 15.1. The highest BCUT2D eigenvalue weighted by Gasteiger charge is 2.36. The maximum Gasteiger partial charge on any atom is 0.330 e. The van der Waals surface area contributed by atoms with Gasteiger partial charge in [0.2, 0.25) is 0 Å². The van der Waals surface area contributed by atoms with Crippen LogP contribution < -0.4 is 4.74 Å². The van der Waals surface area contributed by atoms with Crippen LogP contribution in [0.2, 0.25) is 0 Å². The van der Waals surface area contributed by atoms with E-state index in [1.54, 1.807) is 51.1 Å². The van der Waals surface area contributed by atoms with E-state index < -0.39 is 23.3 Å². The van der Waals surface area contributed by atoms with Crippen molar-refractivity contribution in [3.8, 4) is 5.75 Å². The predicted molar refractivity (Wildman–Crippen MR) is 97.4 cm³/mol. The third kappa shape index (κ3) is 6.70. The van der Waals surface area contributed by atoms with Crippen molar-refractivity contribution in [2.75, 3.05) is 7.11 Å². The molecule has 0 radical (unpaired) electrons. The van der Waals surface area contributed by atoms with Gasteiger partial charge in [-0.2, -0.15) is 0 Å². The Kier molecular flexibility index (Phi) is 8.03. The standard InChI is InChI=1S/C20H26O6/c1-6-20(4,13-18(22)25-14(2)3)19(23)26-16-10-7-15(8-11-16)9-12-17(21)24-5/h7-12,14H,6,13H2,1-5H3/b12-9+. The second-order valence-corrected chi connectivity index (χ2v) is 6.44. The van der Waals surface area contributed by atoms with Crippen LogP contribution in [-0.2, 0) is 23.9 Å². The highest BCUT2D eigenvalue weighted by Crippen LogP contribution is 2.29. The lowest BCUT2D eigenvalue weighted by molar-refractivity contribution is -0.158. The van der Waals surface area contributed by atoms with Crippen molar-refractivity contribution in [3.05, 3.63) is 35.9 Å². The zero-order chi connectivity index (χ0) is 19.7. The molecule has 1 unspecified atom stereocenters. The van der Waals surface area contributed by atoms with E-state index in [0.29, 0.717) is 12.2 Å². The average molecular weight is 362 g/mol. The summed E-state index contributed by atoms with van der Waals surface area (Å²) in [7, 11) is 1.30. The summed E-state index contributed by atoms with van der Waals surface area (Å²) in [5.41, 5.74) is -0.205. The minimum atomic E-state index is -0.963. The van der Waals surface area contributed by atoms with Crippen molar-refractivity contribution in [2.45, 2.75) is 46.6 Å². The summed E-state index contributed by atoms with van der Waals surface area (Å²) in [4.78, 5) is 35.5. The monoisotopic (exact) mass is 362 g/mol. The van der Waals surface area contributed by atoms with E-state index in [-0.39, 0.29) is 12.5 Å². The first-order valence-electron chi connectivity index (χ1n) is 8.48.